The fourth-order valence-electron chi connectivity index (χ4n) is 1.37. The highest BCUT2D eigenvalue weighted by Crippen LogP contribution is 2.19. The largest absolute Gasteiger partial charge is 0.303 e. The molecule has 19 heavy (non-hydrogen) atoms. The van der Waals surface area contributed by atoms with Crippen LogP contribution in [0.25, 0.3) is 0 Å². The third-order valence-corrected chi connectivity index (χ3v) is 3.93. The van der Waals surface area contributed by atoms with E-state index >= 15 is 0 Å². The highest BCUT2D eigenvalue weighted by molar-refractivity contribution is 7.89. The van der Waals surface area contributed by atoms with E-state index in [1.54, 1.807) is 6.92 Å². The van der Waals surface area contributed by atoms with Gasteiger partial charge in [0.1, 0.15) is 9.77 Å². The van der Waals surface area contributed by atoms with Crippen molar-refractivity contribution in [2.24, 2.45) is 12.2 Å². The van der Waals surface area contributed by atoms with Gasteiger partial charge in [0.05, 0.1) is 5.69 Å². The summed E-state index contributed by atoms with van der Waals surface area (Å²) < 4.78 is 27.6. The normalized spacial score (nSPS) is 11.5. The zero-order chi connectivity index (χ0) is 14.2. The fourth-order valence-corrected chi connectivity index (χ4v) is 2.58. The Hall–Kier alpha value is -1.85. The monoisotopic (exact) mass is 302 g/mol. The number of rotatable bonds is 3. The molecule has 0 saturated carbocycles. The number of carbonyl (C=O) groups excluding carboxylic acids is 1. The van der Waals surface area contributed by atoms with E-state index in [2.05, 4.69) is 20.0 Å². The quantitative estimate of drug-likeness (QED) is 0.783. The second-order valence-electron chi connectivity index (χ2n) is 3.70. The number of carbonyl (C=O) groups is 1. The molecule has 2 aromatic heterocycles. The molecule has 2 rings (SSSR count). The van der Waals surface area contributed by atoms with E-state index in [4.69, 9.17) is 5.14 Å². The van der Waals surface area contributed by atoms with Gasteiger partial charge in [-0.05, 0) is 18.5 Å². The van der Waals surface area contributed by atoms with Crippen LogP contribution in [0.5, 0.6) is 0 Å². The van der Waals surface area contributed by atoms with E-state index in [1.807, 2.05) is 0 Å². The smallest absolute Gasteiger partial charge is 0.270 e. The first-order valence-corrected chi connectivity index (χ1v) is 7.27. The first-order chi connectivity index (χ1) is 8.79. The molecular weight excluding hydrogens is 292 g/mol. The van der Waals surface area contributed by atoms with Crippen molar-refractivity contribution in [3.63, 3.8) is 0 Å². The molecule has 0 aliphatic rings. The minimum atomic E-state index is -3.96. The maximum Gasteiger partial charge on any atom is 0.270 e. The van der Waals surface area contributed by atoms with E-state index in [-0.39, 0.29) is 15.6 Å². The molecule has 0 spiro atoms. The van der Waals surface area contributed by atoms with Gasteiger partial charge in [-0.25, -0.2) is 13.6 Å². The van der Waals surface area contributed by atoms with Gasteiger partial charge in [0, 0.05) is 13.2 Å². The maximum absolute atomic E-state index is 11.9. The van der Waals surface area contributed by atoms with E-state index in [9.17, 15) is 13.2 Å². The van der Waals surface area contributed by atoms with Crippen molar-refractivity contribution < 1.29 is 13.2 Å². The first kappa shape index (κ1) is 13.6. The SMILES string of the molecule is Cc1nnsc1C(=O)Nc1nn(C)cc1S(N)(=O)=O. The summed E-state index contributed by atoms with van der Waals surface area (Å²) in [5.74, 6) is -0.654. The van der Waals surface area contributed by atoms with E-state index in [1.165, 1.54) is 17.9 Å². The molecule has 0 atom stereocenters. The van der Waals surface area contributed by atoms with Gasteiger partial charge in [-0.15, -0.1) is 5.10 Å². The van der Waals surface area contributed by atoms with Crippen molar-refractivity contribution >= 4 is 33.3 Å². The molecular formula is C8H10N6O3S2. The highest BCUT2D eigenvalue weighted by atomic mass is 32.2. The van der Waals surface area contributed by atoms with Gasteiger partial charge in [-0.3, -0.25) is 9.48 Å². The van der Waals surface area contributed by atoms with Crippen molar-refractivity contribution in [1.29, 1.82) is 0 Å². The molecule has 0 unspecified atom stereocenters. The average molecular weight is 302 g/mol. The number of aryl methyl sites for hydroxylation is 2. The van der Waals surface area contributed by atoms with Crippen molar-refractivity contribution in [3.8, 4) is 0 Å². The van der Waals surface area contributed by atoms with Crippen LogP contribution in [0.1, 0.15) is 15.4 Å². The Morgan fingerprint density at radius 3 is 2.74 bits per heavy atom. The zero-order valence-corrected chi connectivity index (χ0v) is 11.6. The summed E-state index contributed by atoms with van der Waals surface area (Å²) in [7, 11) is -2.45. The summed E-state index contributed by atoms with van der Waals surface area (Å²) in [4.78, 5) is 12.0. The standard InChI is InChI=1S/C8H10N6O3S2/c1-4-6(18-13-11-4)8(15)10-7-5(19(9,16)17)3-14(2)12-7/h3H,1-2H3,(H2,9,16,17)(H,10,12,15). The number of nitrogens with two attached hydrogens (primary N) is 1. The lowest BCUT2D eigenvalue weighted by Gasteiger charge is -2.01. The molecule has 2 heterocycles. The van der Waals surface area contributed by atoms with Gasteiger partial charge in [0.15, 0.2) is 5.82 Å². The molecule has 9 nitrogen and oxygen atoms in total. The highest BCUT2D eigenvalue weighted by Gasteiger charge is 2.22. The number of hydrogen-bond acceptors (Lipinski definition) is 7. The summed E-state index contributed by atoms with van der Waals surface area (Å²) >= 11 is 0.909. The van der Waals surface area contributed by atoms with Gasteiger partial charge in [0.2, 0.25) is 10.0 Å². The molecule has 0 aromatic carbocycles. The van der Waals surface area contributed by atoms with Gasteiger partial charge in [0.25, 0.3) is 5.91 Å². The van der Waals surface area contributed by atoms with Crippen LogP contribution in [0, 0.1) is 6.92 Å². The molecule has 1 amide bonds. The minimum Gasteiger partial charge on any atom is -0.303 e. The maximum atomic E-state index is 11.9. The minimum absolute atomic E-state index is 0.122. The van der Waals surface area contributed by atoms with E-state index < -0.39 is 15.9 Å². The number of amides is 1. The van der Waals surface area contributed by atoms with Crippen LogP contribution >= 0.6 is 11.5 Å². The van der Waals surface area contributed by atoms with Gasteiger partial charge in [-0.2, -0.15) is 5.10 Å². The number of aromatic nitrogens is 4. The Morgan fingerprint density at radius 1 is 1.53 bits per heavy atom. The Bertz CT molecular complexity index is 732. The van der Waals surface area contributed by atoms with Crippen LogP contribution in [0.2, 0.25) is 0 Å². The zero-order valence-electron chi connectivity index (χ0n) is 9.98. The molecule has 0 fully saturated rings. The Balaban J connectivity index is 2.35. The molecule has 0 saturated heterocycles. The summed E-state index contributed by atoms with van der Waals surface area (Å²) in [6.07, 6.45) is 1.21. The third-order valence-electron chi connectivity index (χ3n) is 2.19. The lowest BCUT2D eigenvalue weighted by molar-refractivity contribution is 0.102. The number of nitrogens with zero attached hydrogens (tertiary/aromatic N) is 4. The summed E-state index contributed by atoms with van der Waals surface area (Å²) in [5.41, 5.74) is 0.454. The average Bonchev–Trinajstić information content (AvgIpc) is 2.84. The lowest BCUT2D eigenvalue weighted by atomic mass is 10.4. The first-order valence-electron chi connectivity index (χ1n) is 4.96. The molecule has 0 radical (unpaired) electrons. The van der Waals surface area contributed by atoms with Crippen molar-refractivity contribution in [2.45, 2.75) is 11.8 Å². The second-order valence-corrected chi connectivity index (χ2v) is 5.99. The number of nitrogens with one attached hydrogen (secondary N) is 1. The third kappa shape index (κ3) is 2.77. The van der Waals surface area contributed by atoms with Crippen LogP contribution < -0.4 is 10.5 Å². The molecule has 102 valence electrons. The Kier molecular flexibility index (Phi) is 3.34. The molecule has 11 heteroatoms. The summed E-state index contributed by atoms with van der Waals surface area (Å²) in [6.45, 7) is 1.62. The van der Waals surface area contributed by atoms with E-state index in [0.29, 0.717) is 5.69 Å². The van der Waals surface area contributed by atoms with E-state index in [0.717, 1.165) is 11.5 Å². The topological polar surface area (TPSA) is 133 Å². The Morgan fingerprint density at radius 2 is 2.21 bits per heavy atom. The molecule has 2 aromatic rings. The second kappa shape index (κ2) is 4.68. The van der Waals surface area contributed by atoms with Crippen molar-refractivity contribution in [2.75, 3.05) is 5.32 Å². The fraction of sp³-hybridized carbons (Fsp3) is 0.250. The predicted octanol–water partition coefficient (Wildman–Crippen LogP) is -0.520. The van der Waals surface area contributed by atoms with Gasteiger partial charge < -0.3 is 5.32 Å². The van der Waals surface area contributed by atoms with Gasteiger partial charge in [-0.1, -0.05) is 4.49 Å². The van der Waals surface area contributed by atoms with Crippen LogP contribution in [-0.4, -0.2) is 33.7 Å². The lowest BCUT2D eigenvalue weighted by Crippen LogP contribution is -2.17. The Labute approximate surface area is 112 Å². The predicted molar refractivity (Wildman–Crippen MR) is 67.2 cm³/mol. The van der Waals surface area contributed by atoms with Crippen molar-refractivity contribution in [3.05, 3.63) is 16.8 Å². The summed E-state index contributed by atoms with van der Waals surface area (Å²) in [6, 6.07) is 0. The number of anilines is 1. The van der Waals surface area contributed by atoms with Crippen LogP contribution in [-0.2, 0) is 17.1 Å². The number of primary sulfonamides is 1. The van der Waals surface area contributed by atoms with Crippen LogP contribution in [0.15, 0.2) is 11.1 Å². The van der Waals surface area contributed by atoms with Crippen LogP contribution in [0.4, 0.5) is 5.82 Å². The van der Waals surface area contributed by atoms with Crippen molar-refractivity contribution in [1.82, 2.24) is 19.4 Å². The molecule has 3 N–H and O–H groups in total. The molecule has 0 aliphatic carbocycles. The number of hydrogen-bond donors (Lipinski definition) is 2. The molecule has 0 bridgehead atoms. The summed E-state index contributed by atoms with van der Waals surface area (Å²) in [5, 5.41) is 15.0. The molecule has 0 aliphatic heterocycles. The van der Waals surface area contributed by atoms with Gasteiger partial charge >= 0.3 is 0 Å². The number of sulfonamides is 1. The van der Waals surface area contributed by atoms with Crippen LogP contribution in [0.3, 0.4) is 0 Å².